The molecule has 1 unspecified atom stereocenters. The molecule has 0 saturated carbocycles. The van der Waals surface area contributed by atoms with Crippen molar-refractivity contribution in [3.63, 3.8) is 0 Å². The highest BCUT2D eigenvalue weighted by Gasteiger charge is 2.75. The highest BCUT2D eigenvalue weighted by Crippen LogP contribution is 2.58. The number of carbonyl (C=O) groups is 3. The summed E-state index contributed by atoms with van der Waals surface area (Å²) in [6.07, 6.45) is 11.2. The summed E-state index contributed by atoms with van der Waals surface area (Å²) >= 11 is 0. The van der Waals surface area contributed by atoms with Gasteiger partial charge in [-0.3, -0.25) is 14.4 Å². The molecule has 1 spiro atoms. The molecule has 2 saturated heterocycles. The van der Waals surface area contributed by atoms with E-state index in [1.807, 2.05) is 25.2 Å². The first-order valence-corrected chi connectivity index (χ1v) is 11.9. The van der Waals surface area contributed by atoms with Crippen LogP contribution < -0.4 is 0 Å². The summed E-state index contributed by atoms with van der Waals surface area (Å²) in [5.74, 6) is -2.54. The fourth-order valence-electron chi connectivity index (χ4n) is 5.88. The Morgan fingerprint density at radius 3 is 2.56 bits per heavy atom. The zero-order valence-corrected chi connectivity index (χ0v) is 19.0. The zero-order valence-electron chi connectivity index (χ0n) is 19.0. The van der Waals surface area contributed by atoms with Gasteiger partial charge in [-0.1, -0.05) is 44.9 Å². The zero-order chi connectivity index (χ0) is 22.9. The lowest BCUT2D eigenvalue weighted by atomic mass is 9.73. The number of nitrogens with zero attached hydrogens (tertiary/aromatic N) is 2. The lowest BCUT2D eigenvalue weighted by molar-refractivity contribution is -0.159. The molecule has 176 valence electrons. The number of rotatable bonds is 8. The molecule has 2 fully saturated rings. The van der Waals surface area contributed by atoms with Crippen molar-refractivity contribution in [3.05, 3.63) is 24.3 Å². The molecule has 0 aromatic heterocycles. The number of aliphatic hydroxyl groups excluding tert-OH is 1. The number of hydrogen-bond donors (Lipinski definition) is 1. The minimum atomic E-state index is -1.23. The van der Waals surface area contributed by atoms with Crippen molar-refractivity contribution in [1.82, 2.24) is 9.80 Å². The Balaban J connectivity index is 1.79. The molecule has 2 amide bonds. The number of likely N-dealkylation sites (tertiary alicyclic amines) is 1. The third-order valence-electron chi connectivity index (χ3n) is 7.37. The van der Waals surface area contributed by atoms with Gasteiger partial charge >= 0.3 is 5.97 Å². The van der Waals surface area contributed by atoms with E-state index in [0.717, 1.165) is 19.3 Å². The number of fused-ring (bicyclic) bond motifs is 2. The number of cyclic esters (lactones) is 1. The highest BCUT2D eigenvalue weighted by molar-refractivity contribution is 5.99. The number of unbranched alkanes of at least 4 members (excludes halogenated alkanes) is 2. The molecule has 0 radical (unpaired) electrons. The van der Waals surface area contributed by atoms with Gasteiger partial charge in [0.15, 0.2) is 0 Å². The maximum atomic E-state index is 13.8. The topological polar surface area (TPSA) is 96.4 Å². The van der Waals surface area contributed by atoms with Gasteiger partial charge in [0.2, 0.25) is 11.8 Å². The summed E-state index contributed by atoms with van der Waals surface area (Å²) in [5, 5.41) is 9.41. The van der Waals surface area contributed by atoms with Crippen molar-refractivity contribution >= 4 is 17.8 Å². The molecule has 4 aliphatic heterocycles. The highest BCUT2D eigenvalue weighted by atomic mass is 16.6. The number of ether oxygens (including phenoxy) is 2. The van der Waals surface area contributed by atoms with Crippen LogP contribution >= 0.6 is 0 Å². The number of hydrogen-bond acceptors (Lipinski definition) is 6. The van der Waals surface area contributed by atoms with Crippen molar-refractivity contribution < 1.29 is 29.0 Å². The molecule has 0 bridgehead atoms. The Labute approximate surface area is 189 Å². The van der Waals surface area contributed by atoms with E-state index in [9.17, 15) is 19.5 Å². The summed E-state index contributed by atoms with van der Waals surface area (Å²) in [7, 11) is 0. The first kappa shape index (κ1) is 23.0. The largest absolute Gasteiger partial charge is 0.461 e. The second-order valence-corrected chi connectivity index (χ2v) is 9.16. The minimum Gasteiger partial charge on any atom is -0.461 e. The summed E-state index contributed by atoms with van der Waals surface area (Å²) in [6.45, 7) is 5.39. The van der Waals surface area contributed by atoms with E-state index in [0.29, 0.717) is 25.9 Å². The fourth-order valence-corrected chi connectivity index (χ4v) is 5.88. The molecule has 0 aromatic carbocycles. The molecule has 8 heteroatoms. The van der Waals surface area contributed by atoms with Crippen LogP contribution in [0.1, 0.15) is 46.0 Å². The van der Waals surface area contributed by atoms with Crippen LogP contribution in [-0.2, 0) is 23.9 Å². The van der Waals surface area contributed by atoms with E-state index in [-0.39, 0.29) is 31.6 Å². The standard InChI is InChI=1S/C24H34N2O6/c1-3-5-6-12-25-13-7-11-24-17(20(28)26(14-9-15-27)19(24)21(25)29)18-22(30)31-16-8-10-23(18,4-2)32-24/h7-8,10-11,17-19,27H,3-6,9,12-16H2,1-2H3/t17-,18+,19?,23-,24-/m0/s1. The first-order chi connectivity index (χ1) is 15.5. The van der Waals surface area contributed by atoms with Crippen molar-refractivity contribution in [1.29, 1.82) is 0 Å². The van der Waals surface area contributed by atoms with Gasteiger partial charge in [0.1, 0.15) is 29.8 Å². The Kier molecular flexibility index (Phi) is 6.45. The van der Waals surface area contributed by atoms with Crippen LogP contribution in [0, 0.1) is 11.8 Å². The Bertz CT molecular complexity index is 825. The molecule has 5 atom stereocenters. The van der Waals surface area contributed by atoms with Crippen molar-refractivity contribution in [2.24, 2.45) is 11.8 Å². The van der Waals surface area contributed by atoms with Crippen LogP contribution in [0.15, 0.2) is 24.3 Å². The van der Waals surface area contributed by atoms with E-state index < -0.39 is 35.0 Å². The van der Waals surface area contributed by atoms with Gasteiger partial charge in [-0.05, 0) is 25.3 Å². The van der Waals surface area contributed by atoms with Gasteiger partial charge in [0.05, 0.1) is 5.92 Å². The lowest BCUT2D eigenvalue weighted by Gasteiger charge is -2.38. The maximum Gasteiger partial charge on any atom is 0.313 e. The van der Waals surface area contributed by atoms with Gasteiger partial charge in [-0.25, -0.2) is 0 Å². The monoisotopic (exact) mass is 446 g/mol. The lowest BCUT2D eigenvalue weighted by Crippen LogP contribution is -2.56. The first-order valence-electron chi connectivity index (χ1n) is 11.9. The maximum absolute atomic E-state index is 13.8. The molecule has 4 aliphatic rings. The molecule has 8 nitrogen and oxygen atoms in total. The molecular formula is C24H34N2O6. The number of carbonyl (C=O) groups excluding carboxylic acids is 3. The predicted molar refractivity (Wildman–Crippen MR) is 116 cm³/mol. The van der Waals surface area contributed by atoms with E-state index in [4.69, 9.17) is 9.47 Å². The molecule has 0 aliphatic carbocycles. The Morgan fingerprint density at radius 1 is 1.03 bits per heavy atom. The average Bonchev–Trinajstić information content (AvgIpc) is 3.06. The van der Waals surface area contributed by atoms with Crippen molar-refractivity contribution in [2.45, 2.75) is 63.2 Å². The predicted octanol–water partition coefficient (Wildman–Crippen LogP) is 1.43. The summed E-state index contributed by atoms with van der Waals surface area (Å²) < 4.78 is 12.1. The van der Waals surface area contributed by atoms with Crippen LogP contribution in [0.5, 0.6) is 0 Å². The molecule has 4 rings (SSSR count). The Morgan fingerprint density at radius 2 is 1.84 bits per heavy atom. The Hall–Kier alpha value is -2.19. The van der Waals surface area contributed by atoms with Crippen LogP contribution in [0.2, 0.25) is 0 Å². The normalized spacial score (nSPS) is 36.0. The van der Waals surface area contributed by atoms with E-state index in [1.165, 1.54) is 4.90 Å². The SMILES string of the molecule is CCCCCN1CC=C[C@]23O[C@@]4(CC)C=CCOC(=O)[C@H]4[C@H]2C(=O)N(CCCO)C3C1=O. The summed E-state index contributed by atoms with van der Waals surface area (Å²) in [4.78, 5) is 44.0. The van der Waals surface area contributed by atoms with Gasteiger partial charge in [-0.15, -0.1) is 0 Å². The number of esters is 1. The number of amides is 2. The van der Waals surface area contributed by atoms with Crippen LogP contribution in [0.3, 0.4) is 0 Å². The molecule has 4 heterocycles. The van der Waals surface area contributed by atoms with E-state index in [1.54, 1.807) is 11.0 Å². The number of aliphatic hydroxyl groups is 1. The average molecular weight is 447 g/mol. The van der Waals surface area contributed by atoms with Crippen molar-refractivity contribution in [3.8, 4) is 0 Å². The minimum absolute atomic E-state index is 0.0909. The van der Waals surface area contributed by atoms with Crippen LogP contribution in [0.25, 0.3) is 0 Å². The van der Waals surface area contributed by atoms with Crippen molar-refractivity contribution in [2.75, 3.05) is 32.8 Å². The van der Waals surface area contributed by atoms with Crippen LogP contribution in [0.4, 0.5) is 0 Å². The van der Waals surface area contributed by atoms with Gasteiger partial charge in [0, 0.05) is 26.2 Å². The second-order valence-electron chi connectivity index (χ2n) is 9.16. The molecule has 32 heavy (non-hydrogen) atoms. The molecule has 1 N–H and O–H groups in total. The van der Waals surface area contributed by atoms with Crippen LogP contribution in [-0.4, -0.2) is 82.8 Å². The van der Waals surface area contributed by atoms with Gasteiger partial charge < -0.3 is 24.4 Å². The quantitative estimate of drug-likeness (QED) is 0.344. The third-order valence-corrected chi connectivity index (χ3v) is 7.37. The van der Waals surface area contributed by atoms with Gasteiger partial charge in [0.25, 0.3) is 0 Å². The third kappa shape index (κ3) is 3.39. The van der Waals surface area contributed by atoms with E-state index >= 15 is 0 Å². The summed E-state index contributed by atoms with van der Waals surface area (Å²) in [6, 6.07) is -0.858. The molecular weight excluding hydrogens is 412 g/mol. The fraction of sp³-hybridized carbons (Fsp3) is 0.708. The smallest absolute Gasteiger partial charge is 0.313 e. The second kappa shape index (κ2) is 8.98. The summed E-state index contributed by atoms with van der Waals surface area (Å²) in [5.41, 5.74) is -2.22. The van der Waals surface area contributed by atoms with Gasteiger partial charge in [-0.2, -0.15) is 0 Å². The molecule has 0 aromatic rings. The van der Waals surface area contributed by atoms with E-state index in [2.05, 4.69) is 6.92 Å².